The van der Waals surface area contributed by atoms with Crippen LogP contribution in [0.1, 0.15) is 53.4 Å². The minimum Gasteiger partial charge on any atom is -0.462 e. The highest BCUT2D eigenvalue weighted by Crippen LogP contribution is 2.12. The van der Waals surface area contributed by atoms with E-state index in [0.29, 0.717) is 12.5 Å². The molecule has 110 valence electrons. The second-order valence-corrected chi connectivity index (χ2v) is 4.87. The van der Waals surface area contributed by atoms with E-state index >= 15 is 0 Å². The summed E-state index contributed by atoms with van der Waals surface area (Å²) in [4.78, 5) is 22.6. The lowest BCUT2D eigenvalue weighted by Crippen LogP contribution is -2.13. The zero-order valence-corrected chi connectivity index (χ0v) is 12.5. The zero-order chi connectivity index (χ0) is 14.7. The van der Waals surface area contributed by atoms with Crippen LogP contribution in [0.15, 0.2) is 12.2 Å². The van der Waals surface area contributed by atoms with Crippen molar-refractivity contribution in [2.75, 3.05) is 6.61 Å². The Balaban J connectivity index is 3.96. The van der Waals surface area contributed by atoms with Crippen LogP contribution in [-0.2, 0) is 19.1 Å². The van der Waals surface area contributed by atoms with Crippen molar-refractivity contribution >= 4 is 11.9 Å². The van der Waals surface area contributed by atoms with E-state index in [9.17, 15) is 9.59 Å². The van der Waals surface area contributed by atoms with E-state index in [1.807, 2.05) is 0 Å². The first kappa shape index (κ1) is 17.7. The third-order valence-corrected chi connectivity index (χ3v) is 2.71. The second kappa shape index (κ2) is 10.6. The summed E-state index contributed by atoms with van der Waals surface area (Å²) in [7, 11) is 0. The molecule has 4 heteroatoms. The van der Waals surface area contributed by atoms with E-state index in [1.165, 1.54) is 0 Å². The first-order valence-electron chi connectivity index (χ1n) is 7.05. The Labute approximate surface area is 116 Å². The standard InChI is InChI=1S/C15H26O4/c1-5-7-8-13(6-2)11-18-14(16)9-10-15(17)19-12(3)4/h9-10,12-13H,5-8,11H2,1-4H3. The molecule has 0 fully saturated rings. The molecule has 0 N–H and O–H groups in total. The number of unbranched alkanes of at least 4 members (excludes halogenated alkanes) is 1. The minimum absolute atomic E-state index is 0.188. The fraction of sp³-hybridized carbons (Fsp3) is 0.733. The first-order chi connectivity index (χ1) is 8.99. The summed E-state index contributed by atoms with van der Waals surface area (Å²) in [5, 5.41) is 0. The van der Waals surface area contributed by atoms with Gasteiger partial charge in [0.2, 0.25) is 0 Å². The molecule has 1 atom stereocenters. The minimum atomic E-state index is -0.523. The lowest BCUT2D eigenvalue weighted by molar-refractivity contribution is -0.143. The van der Waals surface area contributed by atoms with Crippen molar-refractivity contribution in [1.82, 2.24) is 0 Å². The largest absolute Gasteiger partial charge is 0.462 e. The number of hydrogen-bond acceptors (Lipinski definition) is 4. The summed E-state index contributed by atoms with van der Waals surface area (Å²) in [6.07, 6.45) is 6.39. The summed E-state index contributed by atoms with van der Waals surface area (Å²) in [6.45, 7) is 8.15. The predicted octanol–water partition coefficient (Wildman–Crippen LogP) is 3.25. The number of esters is 2. The van der Waals surface area contributed by atoms with E-state index in [4.69, 9.17) is 9.47 Å². The van der Waals surface area contributed by atoms with E-state index in [-0.39, 0.29) is 6.10 Å². The molecule has 0 bridgehead atoms. The summed E-state index contributed by atoms with van der Waals surface area (Å²) in [6, 6.07) is 0. The van der Waals surface area contributed by atoms with Crippen LogP contribution >= 0.6 is 0 Å². The number of hydrogen-bond donors (Lipinski definition) is 0. The predicted molar refractivity (Wildman–Crippen MR) is 74.6 cm³/mol. The molecule has 0 saturated heterocycles. The average molecular weight is 270 g/mol. The van der Waals surface area contributed by atoms with Crippen LogP contribution in [0.2, 0.25) is 0 Å². The van der Waals surface area contributed by atoms with Crippen molar-refractivity contribution in [1.29, 1.82) is 0 Å². The van der Waals surface area contributed by atoms with Crippen LogP contribution < -0.4 is 0 Å². The maximum atomic E-state index is 11.4. The Morgan fingerprint density at radius 1 is 1.11 bits per heavy atom. The van der Waals surface area contributed by atoms with Crippen LogP contribution in [-0.4, -0.2) is 24.6 Å². The molecule has 0 aromatic heterocycles. The number of ether oxygens (including phenoxy) is 2. The van der Waals surface area contributed by atoms with Gasteiger partial charge in [0, 0.05) is 12.2 Å². The summed E-state index contributed by atoms with van der Waals surface area (Å²) >= 11 is 0. The summed E-state index contributed by atoms with van der Waals surface area (Å²) < 4.78 is 9.98. The van der Waals surface area contributed by atoms with Crippen LogP contribution in [0, 0.1) is 5.92 Å². The van der Waals surface area contributed by atoms with Gasteiger partial charge in [0.1, 0.15) is 0 Å². The molecule has 0 aliphatic rings. The molecular formula is C15H26O4. The molecular weight excluding hydrogens is 244 g/mol. The van der Waals surface area contributed by atoms with Gasteiger partial charge in [-0.05, 0) is 26.2 Å². The molecule has 0 heterocycles. The molecule has 1 unspecified atom stereocenters. The van der Waals surface area contributed by atoms with Crippen LogP contribution in [0.3, 0.4) is 0 Å². The van der Waals surface area contributed by atoms with Crippen molar-refractivity contribution in [3.8, 4) is 0 Å². The Morgan fingerprint density at radius 2 is 1.74 bits per heavy atom. The van der Waals surface area contributed by atoms with Crippen LogP contribution in [0.5, 0.6) is 0 Å². The number of rotatable bonds is 9. The highest BCUT2D eigenvalue weighted by Gasteiger charge is 2.09. The van der Waals surface area contributed by atoms with Gasteiger partial charge in [-0.15, -0.1) is 0 Å². The van der Waals surface area contributed by atoms with Gasteiger partial charge in [-0.3, -0.25) is 0 Å². The van der Waals surface area contributed by atoms with Crippen LogP contribution in [0.4, 0.5) is 0 Å². The number of carbonyl (C=O) groups excluding carboxylic acids is 2. The van der Waals surface area contributed by atoms with Gasteiger partial charge in [-0.2, -0.15) is 0 Å². The molecule has 0 rings (SSSR count). The van der Waals surface area contributed by atoms with Crippen molar-refractivity contribution in [3.63, 3.8) is 0 Å². The molecule has 0 saturated carbocycles. The molecule has 0 aliphatic heterocycles. The van der Waals surface area contributed by atoms with E-state index in [0.717, 1.165) is 37.8 Å². The maximum absolute atomic E-state index is 11.4. The quantitative estimate of drug-likeness (QED) is 0.476. The molecule has 0 amide bonds. The molecule has 0 aromatic carbocycles. The van der Waals surface area contributed by atoms with Gasteiger partial charge in [0.05, 0.1) is 12.7 Å². The fourth-order valence-corrected chi connectivity index (χ4v) is 1.55. The van der Waals surface area contributed by atoms with Gasteiger partial charge < -0.3 is 9.47 Å². The van der Waals surface area contributed by atoms with E-state index in [2.05, 4.69) is 13.8 Å². The molecule has 0 aliphatic carbocycles. The molecule has 0 radical (unpaired) electrons. The Hall–Kier alpha value is -1.32. The van der Waals surface area contributed by atoms with Gasteiger partial charge in [-0.1, -0.05) is 33.1 Å². The fourth-order valence-electron chi connectivity index (χ4n) is 1.55. The molecule has 4 nitrogen and oxygen atoms in total. The van der Waals surface area contributed by atoms with Gasteiger partial charge in [0.25, 0.3) is 0 Å². The zero-order valence-electron chi connectivity index (χ0n) is 12.5. The molecule has 0 aromatic rings. The van der Waals surface area contributed by atoms with Crippen molar-refractivity contribution in [2.24, 2.45) is 5.92 Å². The monoisotopic (exact) mass is 270 g/mol. The van der Waals surface area contributed by atoms with Gasteiger partial charge in [0.15, 0.2) is 0 Å². The van der Waals surface area contributed by atoms with Crippen molar-refractivity contribution < 1.29 is 19.1 Å². The Bertz CT molecular complexity index is 295. The van der Waals surface area contributed by atoms with E-state index < -0.39 is 11.9 Å². The summed E-state index contributed by atoms with van der Waals surface area (Å²) in [5.41, 5.74) is 0. The van der Waals surface area contributed by atoms with E-state index in [1.54, 1.807) is 13.8 Å². The molecule has 0 spiro atoms. The molecule has 19 heavy (non-hydrogen) atoms. The smallest absolute Gasteiger partial charge is 0.331 e. The second-order valence-electron chi connectivity index (χ2n) is 4.87. The van der Waals surface area contributed by atoms with Crippen LogP contribution in [0.25, 0.3) is 0 Å². The SMILES string of the molecule is CCCCC(CC)COC(=O)C=CC(=O)OC(C)C. The summed E-state index contributed by atoms with van der Waals surface area (Å²) in [5.74, 6) is -0.611. The van der Waals surface area contributed by atoms with Gasteiger partial charge >= 0.3 is 11.9 Å². The normalized spacial score (nSPS) is 12.7. The third-order valence-electron chi connectivity index (χ3n) is 2.71. The Morgan fingerprint density at radius 3 is 2.26 bits per heavy atom. The highest BCUT2D eigenvalue weighted by molar-refractivity contribution is 5.91. The topological polar surface area (TPSA) is 52.6 Å². The average Bonchev–Trinajstić information content (AvgIpc) is 2.35. The highest BCUT2D eigenvalue weighted by atomic mass is 16.5. The Kier molecular flexibility index (Phi) is 9.85. The lowest BCUT2D eigenvalue weighted by atomic mass is 10.0. The van der Waals surface area contributed by atoms with Gasteiger partial charge in [-0.25, -0.2) is 9.59 Å². The third kappa shape index (κ3) is 10.3. The first-order valence-corrected chi connectivity index (χ1v) is 7.05. The van der Waals surface area contributed by atoms with Crippen molar-refractivity contribution in [3.05, 3.63) is 12.2 Å². The van der Waals surface area contributed by atoms with Crippen molar-refractivity contribution in [2.45, 2.75) is 59.5 Å². The number of carbonyl (C=O) groups is 2. The maximum Gasteiger partial charge on any atom is 0.331 e. The lowest BCUT2D eigenvalue weighted by Gasteiger charge is -2.13.